The third kappa shape index (κ3) is 2.84. The van der Waals surface area contributed by atoms with Gasteiger partial charge in [-0.15, -0.1) is 0 Å². The summed E-state index contributed by atoms with van der Waals surface area (Å²) in [7, 11) is 3.16. The Hall–Kier alpha value is -2.63. The number of urea groups is 1. The number of benzene rings is 1. The number of carbonyl (C=O) groups excluding carboxylic acids is 1. The van der Waals surface area contributed by atoms with Crippen LogP contribution in [0.4, 0.5) is 10.5 Å². The number of hydrogen-bond donors (Lipinski definition) is 1. The van der Waals surface area contributed by atoms with Gasteiger partial charge in [0.05, 0.1) is 20.3 Å². The molecule has 1 aliphatic heterocycles. The molecule has 122 valence electrons. The zero-order valence-electron chi connectivity index (χ0n) is 13.6. The molecule has 6 heteroatoms. The molecule has 0 aliphatic carbocycles. The Bertz CT molecular complexity index is 711. The molecule has 0 saturated carbocycles. The van der Waals surface area contributed by atoms with E-state index >= 15 is 0 Å². The van der Waals surface area contributed by atoms with E-state index in [1.165, 1.54) is 0 Å². The fourth-order valence-electron chi connectivity index (χ4n) is 2.97. The van der Waals surface area contributed by atoms with Crippen molar-refractivity contribution in [2.75, 3.05) is 26.1 Å². The number of amides is 2. The molecular formula is C17H21N3O3. The maximum absolute atomic E-state index is 12.6. The standard InChI is InChI=1S/C17H21N3O3/c1-12-14-5-4-8-19(14)9-10-20(12)17(21)18-13-6-7-15(22-2)16(11-13)23-3/h4-8,11-12H,9-10H2,1-3H3,(H,18,21). The summed E-state index contributed by atoms with van der Waals surface area (Å²) in [6.45, 7) is 3.53. The Morgan fingerprint density at radius 3 is 2.70 bits per heavy atom. The van der Waals surface area contributed by atoms with Gasteiger partial charge in [-0.25, -0.2) is 4.79 Å². The van der Waals surface area contributed by atoms with Crippen molar-refractivity contribution in [3.05, 3.63) is 42.2 Å². The van der Waals surface area contributed by atoms with Gasteiger partial charge < -0.3 is 24.3 Å². The average Bonchev–Trinajstić information content (AvgIpc) is 3.04. The maximum atomic E-state index is 12.6. The molecular weight excluding hydrogens is 294 g/mol. The first-order chi connectivity index (χ1) is 11.1. The van der Waals surface area contributed by atoms with Crippen LogP contribution < -0.4 is 14.8 Å². The van der Waals surface area contributed by atoms with E-state index in [1.807, 2.05) is 17.9 Å². The van der Waals surface area contributed by atoms with Crippen molar-refractivity contribution in [3.63, 3.8) is 0 Å². The smallest absolute Gasteiger partial charge is 0.322 e. The van der Waals surface area contributed by atoms with Crippen LogP contribution >= 0.6 is 0 Å². The van der Waals surface area contributed by atoms with Gasteiger partial charge in [0.15, 0.2) is 11.5 Å². The number of anilines is 1. The van der Waals surface area contributed by atoms with Crippen LogP contribution in [0.2, 0.25) is 0 Å². The Morgan fingerprint density at radius 2 is 1.96 bits per heavy atom. The predicted octanol–water partition coefficient (Wildman–Crippen LogP) is 3.11. The number of ether oxygens (including phenoxy) is 2. The molecule has 1 N–H and O–H groups in total. The van der Waals surface area contributed by atoms with E-state index in [4.69, 9.17) is 9.47 Å². The normalized spacial score (nSPS) is 16.7. The van der Waals surface area contributed by atoms with Crippen molar-refractivity contribution in [2.45, 2.75) is 19.5 Å². The van der Waals surface area contributed by atoms with Crippen molar-refractivity contribution < 1.29 is 14.3 Å². The predicted molar refractivity (Wildman–Crippen MR) is 88.1 cm³/mol. The fourth-order valence-corrected chi connectivity index (χ4v) is 2.97. The highest BCUT2D eigenvalue weighted by atomic mass is 16.5. The molecule has 1 unspecified atom stereocenters. The summed E-state index contributed by atoms with van der Waals surface area (Å²) < 4.78 is 12.7. The first-order valence-corrected chi connectivity index (χ1v) is 7.58. The monoisotopic (exact) mass is 315 g/mol. The van der Waals surface area contributed by atoms with Gasteiger partial charge >= 0.3 is 6.03 Å². The molecule has 1 aliphatic rings. The van der Waals surface area contributed by atoms with Gasteiger partial charge in [0.1, 0.15) is 0 Å². The lowest BCUT2D eigenvalue weighted by atomic mass is 10.1. The second-order valence-electron chi connectivity index (χ2n) is 5.50. The highest BCUT2D eigenvalue weighted by Gasteiger charge is 2.27. The van der Waals surface area contributed by atoms with Crippen molar-refractivity contribution in [3.8, 4) is 11.5 Å². The van der Waals surface area contributed by atoms with Gasteiger partial charge in [-0.3, -0.25) is 0 Å². The average molecular weight is 315 g/mol. The SMILES string of the molecule is COc1ccc(NC(=O)N2CCn3cccc3C2C)cc1OC. The van der Waals surface area contributed by atoms with Gasteiger partial charge in [-0.2, -0.15) is 0 Å². The van der Waals surface area contributed by atoms with Crippen LogP contribution in [0.1, 0.15) is 18.7 Å². The molecule has 1 atom stereocenters. The molecule has 6 nitrogen and oxygen atoms in total. The first kappa shape index (κ1) is 15.3. The highest BCUT2D eigenvalue weighted by molar-refractivity contribution is 5.90. The molecule has 3 rings (SSSR count). The molecule has 0 radical (unpaired) electrons. The minimum atomic E-state index is -0.114. The van der Waals surface area contributed by atoms with Crippen LogP contribution in [0.15, 0.2) is 36.5 Å². The quantitative estimate of drug-likeness (QED) is 0.947. The second-order valence-corrected chi connectivity index (χ2v) is 5.50. The summed E-state index contributed by atoms with van der Waals surface area (Å²) in [6, 6.07) is 9.34. The van der Waals surface area contributed by atoms with Gasteiger partial charge in [0.25, 0.3) is 0 Å². The van der Waals surface area contributed by atoms with Crippen LogP contribution in [0.25, 0.3) is 0 Å². The van der Waals surface area contributed by atoms with Gasteiger partial charge in [0, 0.05) is 36.7 Å². The van der Waals surface area contributed by atoms with Gasteiger partial charge in [-0.05, 0) is 31.2 Å². The number of fused-ring (bicyclic) bond motifs is 1. The molecule has 0 bridgehead atoms. The van der Waals surface area contributed by atoms with E-state index in [-0.39, 0.29) is 12.1 Å². The van der Waals surface area contributed by atoms with Crippen LogP contribution in [-0.2, 0) is 6.54 Å². The van der Waals surface area contributed by atoms with Crippen LogP contribution in [0.5, 0.6) is 11.5 Å². The minimum absolute atomic E-state index is 0.0406. The number of hydrogen-bond acceptors (Lipinski definition) is 3. The van der Waals surface area contributed by atoms with E-state index in [0.717, 1.165) is 12.2 Å². The Balaban J connectivity index is 1.75. The molecule has 1 aromatic heterocycles. The van der Waals surface area contributed by atoms with E-state index in [9.17, 15) is 4.79 Å². The molecule has 2 heterocycles. The number of rotatable bonds is 3. The Morgan fingerprint density at radius 1 is 1.17 bits per heavy atom. The molecule has 0 fully saturated rings. The van der Waals surface area contributed by atoms with Crippen molar-refractivity contribution in [1.82, 2.24) is 9.47 Å². The third-order valence-electron chi connectivity index (χ3n) is 4.24. The number of aromatic nitrogens is 1. The van der Waals surface area contributed by atoms with Crippen LogP contribution in [0, 0.1) is 0 Å². The molecule has 2 amide bonds. The summed E-state index contributed by atoms with van der Waals surface area (Å²) in [5.41, 5.74) is 1.83. The molecule has 0 spiro atoms. The molecule has 1 aromatic carbocycles. The zero-order valence-corrected chi connectivity index (χ0v) is 13.6. The lowest BCUT2D eigenvalue weighted by Gasteiger charge is -2.34. The Kier molecular flexibility index (Phi) is 4.14. The second kappa shape index (κ2) is 6.24. The maximum Gasteiger partial charge on any atom is 0.322 e. The van der Waals surface area contributed by atoms with Crippen molar-refractivity contribution in [1.29, 1.82) is 0 Å². The topological polar surface area (TPSA) is 55.7 Å². The van der Waals surface area contributed by atoms with E-state index in [0.29, 0.717) is 23.7 Å². The fraction of sp³-hybridized carbons (Fsp3) is 0.353. The summed E-state index contributed by atoms with van der Waals surface area (Å²) in [4.78, 5) is 14.4. The molecule has 0 saturated heterocycles. The molecule has 23 heavy (non-hydrogen) atoms. The summed E-state index contributed by atoms with van der Waals surface area (Å²) >= 11 is 0. The first-order valence-electron chi connectivity index (χ1n) is 7.58. The Labute approximate surface area is 135 Å². The summed E-state index contributed by atoms with van der Waals surface area (Å²) in [6.07, 6.45) is 2.05. The molecule has 2 aromatic rings. The lowest BCUT2D eigenvalue weighted by molar-refractivity contribution is 0.175. The van der Waals surface area contributed by atoms with Crippen molar-refractivity contribution in [2.24, 2.45) is 0 Å². The summed E-state index contributed by atoms with van der Waals surface area (Å²) in [5, 5.41) is 2.93. The number of nitrogens with zero attached hydrogens (tertiary/aromatic N) is 2. The van der Waals surface area contributed by atoms with E-state index < -0.39 is 0 Å². The largest absolute Gasteiger partial charge is 0.493 e. The highest BCUT2D eigenvalue weighted by Crippen LogP contribution is 2.31. The number of methoxy groups -OCH3 is 2. The number of nitrogens with one attached hydrogen (secondary N) is 1. The van der Waals surface area contributed by atoms with E-state index in [2.05, 4.69) is 22.1 Å². The lowest BCUT2D eigenvalue weighted by Crippen LogP contribution is -2.42. The zero-order chi connectivity index (χ0) is 16.4. The number of carbonyl (C=O) groups is 1. The van der Waals surface area contributed by atoms with Crippen LogP contribution in [0.3, 0.4) is 0 Å². The van der Waals surface area contributed by atoms with Gasteiger partial charge in [0.2, 0.25) is 0 Å². The van der Waals surface area contributed by atoms with Crippen molar-refractivity contribution >= 4 is 11.7 Å². The van der Waals surface area contributed by atoms with Gasteiger partial charge in [-0.1, -0.05) is 0 Å². The third-order valence-corrected chi connectivity index (χ3v) is 4.24. The minimum Gasteiger partial charge on any atom is -0.493 e. The summed E-state index contributed by atoms with van der Waals surface area (Å²) in [5.74, 6) is 1.22. The van der Waals surface area contributed by atoms with E-state index in [1.54, 1.807) is 32.4 Å². The van der Waals surface area contributed by atoms with Crippen LogP contribution in [-0.4, -0.2) is 36.3 Å².